The van der Waals surface area contributed by atoms with Gasteiger partial charge in [0.1, 0.15) is 0 Å². The molecule has 1 aliphatic heterocycles. The number of benzene rings is 1. The molecule has 2 rings (SSSR count). The first-order chi connectivity index (χ1) is 8.47. The van der Waals surface area contributed by atoms with E-state index in [4.69, 9.17) is 23.2 Å². The van der Waals surface area contributed by atoms with Gasteiger partial charge in [0.2, 0.25) is 0 Å². The third-order valence-electron chi connectivity index (χ3n) is 2.62. The summed E-state index contributed by atoms with van der Waals surface area (Å²) in [5.74, 6) is 0.467. The molecule has 0 spiro atoms. The van der Waals surface area contributed by atoms with Crippen molar-refractivity contribution in [3.05, 3.63) is 28.2 Å². The van der Waals surface area contributed by atoms with Crippen molar-refractivity contribution in [2.45, 2.75) is 26.7 Å². The lowest BCUT2D eigenvalue weighted by Crippen LogP contribution is -2.19. The van der Waals surface area contributed by atoms with Gasteiger partial charge in [-0.2, -0.15) is 5.10 Å². The molecular formula is C13H14Cl2N2O. The van der Waals surface area contributed by atoms with E-state index in [0.717, 1.165) is 12.1 Å². The fraction of sp³-hybridized carbons (Fsp3) is 0.385. The fourth-order valence-corrected chi connectivity index (χ4v) is 2.18. The number of nitrogens with zero attached hydrogens (tertiary/aromatic N) is 2. The van der Waals surface area contributed by atoms with E-state index >= 15 is 0 Å². The number of anilines is 1. The number of amides is 1. The van der Waals surface area contributed by atoms with E-state index in [0.29, 0.717) is 28.1 Å². The highest BCUT2D eigenvalue weighted by Gasteiger charge is 2.25. The van der Waals surface area contributed by atoms with Crippen LogP contribution in [0, 0.1) is 5.92 Å². The van der Waals surface area contributed by atoms with Gasteiger partial charge in [-0.3, -0.25) is 4.79 Å². The molecule has 0 fully saturated rings. The molecule has 0 aliphatic carbocycles. The van der Waals surface area contributed by atoms with Crippen LogP contribution in [0.3, 0.4) is 0 Å². The van der Waals surface area contributed by atoms with Crippen LogP contribution in [0.25, 0.3) is 0 Å². The molecule has 0 unspecified atom stereocenters. The van der Waals surface area contributed by atoms with Crippen LogP contribution in [0.5, 0.6) is 0 Å². The average molecular weight is 285 g/mol. The van der Waals surface area contributed by atoms with Gasteiger partial charge in [-0.1, -0.05) is 37.0 Å². The van der Waals surface area contributed by atoms with Crippen LogP contribution in [0.2, 0.25) is 10.0 Å². The Balaban J connectivity index is 2.24. The molecule has 0 atom stereocenters. The molecule has 1 aromatic carbocycles. The van der Waals surface area contributed by atoms with Gasteiger partial charge < -0.3 is 0 Å². The van der Waals surface area contributed by atoms with Gasteiger partial charge in [-0.15, -0.1) is 0 Å². The summed E-state index contributed by atoms with van der Waals surface area (Å²) in [5, 5.41) is 6.65. The summed E-state index contributed by atoms with van der Waals surface area (Å²) in [4.78, 5) is 11.9. The van der Waals surface area contributed by atoms with Crippen molar-refractivity contribution in [2.75, 3.05) is 5.01 Å². The third kappa shape index (κ3) is 2.85. The topological polar surface area (TPSA) is 32.7 Å². The normalized spacial score (nSPS) is 15.5. The molecular weight excluding hydrogens is 271 g/mol. The predicted molar refractivity (Wildman–Crippen MR) is 75.5 cm³/mol. The highest BCUT2D eigenvalue weighted by molar-refractivity contribution is 6.42. The monoisotopic (exact) mass is 284 g/mol. The summed E-state index contributed by atoms with van der Waals surface area (Å²) < 4.78 is 0. The largest absolute Gasteiger partial charge is 0.272 e. The maximum absolute atomic E-state index is 11.9. The van der Waals surface area contributed by atoms with Crippen LogP contribution in [0.1, 0.15) is 26.7 Å². The number of rotatable bonds is 3. The molecule has 5 heteroatoms. The Bertz CT molecular complexity index is 512. The molecule has 0 saturated carbocycles. The van der Waals surface area contributed by atoms with Crippen molar-refractivity contribution in [1.29, 1.82) is 0 Å². The molecule has 0 N–H and O–H groups in total. The summed E-state index contributed by atoms with van der Waals surface area (Å²) in [6.07, 6.45) is 1.22. The van der Waals surface area contributed by atoms with Gasteiger partial charge in [0, 0.05) is 5.71 Å². The van der Waals surface area contributed by atoms with E-state index in [2.05, 4.69) is 18.9 Å². The number of carbonyl (C=O) groups excluding carboxylic acids is 1. The average Bonchev–Trinajstić information content (AvgIpc) is 2.62. The van der Waals surface area contributed by atoms with Crippen molar-refractivity contribution in [1.82, 2.24) is 0 Å². The van der Waals surface area contributed by atoms with Gasteiger partial charge in [0.25, 0.3) is 5.91 Å². The minimum absolute atomic E-state index is 0.0240. The summed E-state index contributed by atoms with van der Waals surface area (Å²) in [7, 11) is 0. The van der Waals surface area contributed by atoms with Crippen LogP contribution in [-0.2, 0) is 4.79 Å². The summed E-state index contributed by atoms with van der Waals surface area (Å²) in [6, 6.07) is 5.07. The van der Waals surface area contributed by atoms with E-state index < -0.39 is 0 Å². The van der Waals surface area contributed by atoms with E-state index in [1.165, 1.54) is 5.01 Å². The molecule has 1 amide bonds. The quantitative estimate of drug-likeness (QED) is 0.821. The van der Waals surface area contributed by atoms with Crippen LogP contribution in [-0.4, -0.2) is 11.6 Å². The molecule has 3 nitrogen and oxygen atoms in total. The van der Waals surface area contributed by atoms with Gasteiger partial charge in [-0.05, 0) is 30.5 Å². The van der Waals surface area contributed by atoms with Crippen molar-refractivity contribution >= 4 is 40.5 Å². The summed E-state index contributed by atoms with van der Waals surface area (Å²) in [5.41, 5.74) is 1.58. The second-order valence-electron chi connectivity index (χ2n) is 4.74. The van der Waals surface area contributed by atoms with Crippen molar-refractivity contribution in [3.63, 3.8) is 0 Å². The number of hydrogen-bond acceptors (Lipinski definition) is 2. The van der Waals surface area contributed by atoms with E-state index in [1.807, 2.05) is 0 Å². The Labute approximate surface area is 116 Å². The Hall–Kier alpha value is -1.06. The van der Waals surface area contributed by atoms with E-state index in [1.54, 1.807) is 18.2 Å². The van der Waals surface area contributed by atoms with Gasteiger partial charge in [0.05, 0.1) is 22.2 Å². The fourth-order valence-electron chi connectivity index (χ4n) is 1.88. The highest BCUT2D eigenvalue weighted by atomic mass is 35.5. The number of hydrogen-bond donors (Lipinski definition) is 0. The standard InChI is InChI=1S/C13H14Cl2N2O/c1-8(2)5-9-6-13(18)17(16-9)10-3-4-11(14)12(15)7-10/h3-4,7-8H,5-6H2,1-2H3. The van der Waals surface area contributed by atoms with E-state index in [9.17, 15) is 4.79 Å². The first-order valence-corrected chi connectivity index (χ1v) is 6.57. The first kappa shape index (κ1) is 13.4. The van der Waals surface area contributed by atoms with Crippen LogP contribution in [0.15, 0.2) is 23.3 Å². The first-order valence-electron chi connectivity index (χ1n) is 5.81. The zero-order chi connectivity index (χ0) is 13.3. The molecule has 0 aromatic heterocycles. The van der Waals surface area contributed by atoms with Crippen molar-refractivity contribution in [3.8, 4) is 0 Å². The number of hydrazone groups is 1. The Kier molecular flexibility index (Phi) is 3.93. The molecule has 1 aromatic rings. The minimum atomic E-state index is -0.0240. The van der Waals surface area contributed by atoms with Gasteiger partial charge >= 0.3 is 0 Å². The highest BCUT2D eigenvalue weighted by Crippen LogP contribution is 2.29. The third-order valence-corrected chi connectivity index (χ3v) is 3.36. The summed E-state index contributed by atoms with van der Waals surface area (Å²) >= 11 is 11.8. The lowest BCUT2D eigenvalue weighted by molar-refractivity contribution is -0.116. The zero-order valence-corrected chi connectivity index (χ0v) is 11.8. The second kappa shape index (κ2) is 5.29. The minimum Gasteiger partial charge on any atom is -0.272 e. The molecule has 1 heterocycles. The Morgan fingerprint density at radius 1 is 1.33 bits per heavy atom. The molecule has 0 radical (unpaired) electrons. The SMILES string of the molecule is CC(C)CC1=NN(c2ccc(Cl)c(Cl)c2)C(=O)C1. The van der Waals surface area contributed by atoms with Crippen molar-refractivity contribution in [2.24, 2.45) is 11.0 Å². The summed E-state index contributed by atoms with van der Waals surface area (Å²) in [6.45, 7) is 4.21. The molecule has 1 aliphatic rings. The maximum Gasteiger partial charge on any atom is 0.253 e. The Morgan fingerprint density at radius 3 is 2.67 bits per heavy atom. The number of halogens is 2. The zero-order valence-electron chi connectivity index (χ0n) is 10.3. The molecule has 0 saturated heterocycles. The number of carbonyl (C=O) groups is 1. The maximum atomic E-state index is 11.9. The lowest BCUT2D eigenvalue weighted by Gasteiger charge is -2.12. The predicted octanol–water partition coefficient (Wildman–Crippen LogP) is 4.13. The van der Waals surface area contributed by atoms with Gasteiger partial charge in [-0.25, -0.2) is 5.01 Å². The lowest BCUT2D eigenvalue weighted by atomic mass is 10.1. The van der Waals surface area contributed by atoms with Crippen LogP contribution >= 0.6 is 23.2 Å². The smallest absolute Gasteiger partial charge is 0.253 e. The Morgan fingerprint density at radius 2 is 2.06 bits per heavy atom. The molecule has 96 valence electrons. The van der Waals surface area contributed by atoms with Gasteiger partial charge in [0.15, 0.2) is 0 Å². The molecule has 18 heavy (non-hydrogen) atoms. The van der Waals surface area contributed by atoms with E-state index in [-0.39, 0.29) is 5.91 Å². The van der Waals surface area contributed by atoms with Crippen LogP contribution < -0.4 is 5.01 Å². The molecule has 0 bridgehead atoms. The van der Waals surface area contributed by atoms with Crippen molar-refractivity contribution < 1.29 is 4.79 Å². The van der Waals surface area contributed by atoms with Crippen LogP contribution in [0.4, 0.5) is 5.69 Å². The second-order valence-corrected chi connectivity index (χ2v) is 5.56.